The van der Waals surface area contributed by atoms with Crippen LogP contribution in [0.15, 0.2) is 10.3 Å². The number of oxime groups is 2. The van der Waals surface area contributed by atoms with Gasteiger partial charge in [-0.05, 0) is 27.7 Å². The zero-order chi connectivity index (χ0) is 19.7. The van der Waals surface area contributed by atoms with Crippen LogP contribution in [0.3, 0.4) is 0 Å². The maximum Gasteiger partial charge on any atom is 0.447 e. The summed E-state index contributed by atoms with van der Waals surface area (Å²) < 4.78 is 1.97. The Morgan fingerprint density at radius 2 is 1.24 bits per heavy atom. The molecule has 0 aliphatic heterocycles. The second kappa shape index (κ2) is 9.49. The molecule has 25 heavy (non-hydrogen) atoms. The van der Waals surface area contributed by atoms with Crippen molar-refractivity contribution in [3.05, 3.63) is 0 Å². The van der Waals surface area contributed by atoms with Crippen LogP contribution in [0.25, 0.3) is 0 Å². The molecule has 0 radical (unpaired) electrons. The molecule has 0 aromatic carbocycles. The molecule has 136 valence electrons. The molecule has 0 atom stereocenters. The third-order valence-corrected chi connectivity index (χ3v) is 3.14. The first-order chi connectivity index (χ1) is 11.4. The van der Waals surface area contributed by atoms with Crippen molar-refractivity contribution in [2.45, 2.75) is 27.7 Å². The van der Waals surface area contributed by atoms with Crippen molar-refractivity contribution in [2.75, 3.05) is 14.1 Å². The van der Waals surface area contributed by atoms with Gasteiger partial charge in [0.1, 0.15) is 0 Å². The highest BCUT2D eigenvalue weighted by atomic mass is 32.2. The maximum absolute atomic E-state index is 11.7. The van der Waals surface area contributed by atoms with Crippen molar-refractivity contribution in [3.8, 4) is 12.1 Å². The van der Waals surface area contributed by atoms with Crippen molar-refractivity contribution >= 4 is 36.7 Å². The van der Waals surface area contributed by atoms with E-state index in [1.807, 2.05) is 12.1 Å². The third kappa shape index (κ3) is 9.17. The summed E-state index contributed by atoms with van der Waals surface area (Å²) in [5.74, 6) is 0. The van der Waals surface area contributed by atoms with E-state index in [0.29, 0.717) is 12.1 Å². The minimum Gasteiger partial charge on any atom is -0.298 e. The molecule has 0 aliphatic rings. The minimum atomic E-state index is -0.873. The zero-order valence-corrected chi connectivity index (χ0v) is 15.7. The number of rotatable bonds is 6. The minimum absolute atomic E-state index is 0.683. The van der Waals surface area contributed by atoms with E-state index in [4.69, 9.17) is 10.5 Å². The highest BCUT2D eigenvalue weighted by Crippen LogP contribution is 2.16. The standard InChI is InChI=1S/C14H20N6O4S/c1-13(2,7-15)9-17-23-11(21)19(5)25-20(6)12(22)24-18-10-14(3,4)8-16/h9-10H,1-6H3/b17-9-,18-10+. The fourth-order valence-corrected chi connectivity index (χ4v) is 1.40. The van der Waals surface area contributed by atoms with E-state index in [2.05, 4.69) is 20.0 Å². The maximum atomic E-state index is 11.7. The summed E-state index contributed by atoms with van der Waals surface area (Å²) >= 11 is 0.683. The molecule has 0 rings (SSSR count). The molecule has 0 saturated carbocycles. The fraction of sp³-hybridized carbons (Fsp3) is 0.571. The Labute approximate surface area is 150 Å². The van der Waals surface area contributed by atoms with Crippen LogP contribution in [-0.2, 0) is 9.68 Å². The van der Waals surface area contributed by atoms with Gasteiger partial charge in [0.2, 0.25) is 0 Å². The van der Waals surface area contributed by atoms with Gasteiger partial charge >= 0.3 is 12.2 Å². The van der Waals surface area contributed by atoms with Crippen LogP contribution in [0, 0.1) is 33.5 Å². The van der Waals surface area contributed by atoms with Gasteiger partial charge in [-0.3, -0.25) is 9.68 Å². The summed E-state index contributed by atoms with van der Waals surface area (Å²) in [4.78, 5) is 32.6. The molecule has 0 N–H and O–H groups in total. The lowest BCUT2D eigenvalue weighted by Crippen LogP contribution is -2.28. The summed E-state index contributed by atoms with van der Waals surface area (Å²) in [5.41, 5.74) is -1.75. The highest BCUT2D eigenvalue weighted by Gasteiger charge is 2.20. The van der Waals surface area contributed by atoms with E-state index in [1.54, 1.807) is 27.7 Å². The Kier molecular flexibility index (Phi) is 8.43. The van der Waals surface area contributed by atoms with Crippen LogP contribution in [-0.4, -0.2) is 47.3 Å². The smallest absolute Gasteiger partial charge is 0.298 e. The number of nitriles is 2. The molecule has 10 nitrogen and oxygen atoms in total. The van der Waals surface area contributed by atoms with Crippen LogP contribution >= 0.6 is 12.1 Å². The number of hydrogen-bond donors (Lipinski definition) is 0. The Hall–Kier alpha value is -2.79. The lowest BCUT2D eigenvalue weighted by atomic mass is 9.98. The third-order valence-electron chi connectivity index (χ3n) is 2.35. The zero-order valence-electron chi connectivity index (χ0n) is 14.9. The van der Waals surface area contributed by atoms with Crippen molar-refractivity contribution < 1.29 is 19.3 Å². The molecule has 0 bridgehead atoms. The molecular formula is C14H20N6O4S. The summed E-state index contributed by atoms with van der Waals surface area (Å²) in [6.07, 6.45) is 0.660. The van der Waals surface area contributed by atoms with Gasteiger partial charge in [0, 0.05) is 14.1 Å². The summed E-state index contributed by atoms with van der Waals surface area (Å²) in [6.45, 7) is 6.39. The lowest BCUT2D eigenvalue weighted by Gasteiger charge is -2.19. The number of carbonyl (C=O) groups excluding carboxylic acids is 2. The van der Waals surface area contributed by atoms with Gasteiger partial charge in [-0.1, -0.05) is 10.3 Å². The molecule has 0 unspecified atom stereocenters. The molecule has 0 aromatic rings. The molecule has 0 spiro atoms. The number of hydrogen-bond acceptors (Lipinski definition) is 9. The van der Waals surface area contributed by atoms with Crippen LogP contribution in [0.2, 0.25) is 0 Å². The van der Waals surface area contributed by atoms with Crippen LogP contribution in [0.5, 0.6) is 0 Å². The molecule has 0 saturated heterocycles. The van der Waals surface area contributed by atoms with Crippen molar-refractivity contribution in [1.82, 2.24) is 8.61 Å². The first kappa shape index (κ1) is 22.2. The quantitative estimate of drug-likeness (QED) is 0.305. The second-order valence-electron chi connectivity index (χ2n) is 5.93. The van der Waals surface area contributed by atoms with Gasteiger partial charge in [0.05, 0.1) is 47.5 Å². The van der Waals surface area contributed by atoms with E-state index in [-0.39, 0.29) is 0 Å². The van der Waals surface area contributed by atoms with Crippen LogP contribution < -0.4 is 0 Å². The molecule has 0 heterocycles. The lowest BCUT2D eigenvalue weighted by molar-refractivity contribution is 0.131. The summed E-state index contributed by atoms with van der Waals surface area (Å²) in [7, 11) is 2.70. The van der Waals surface area contributed by atoms with Gasteiger partial charge in [0.25, 0.3) is 0 Å². The molecule has 11 heteroatoms. The normalized spacial score (nSPS) is 11.7. The van der Waals surface area contributed by atoms with Gasteiger partial charge in [-0.25, -0.2) is 18.2 Å². The molecule has 0 fully saturated rings. The molecule has 0 aliphatic carbocycles. The van der Waals surface area contributed by atoms with Gasteiger partial charge in [-0.2, -0.15) is 10.5 Å². The first-order valence-corrected chi connectivity index (χ1v) is 7.66. The number of carbonyl (C=O) groups is 2. The van der Waals surface area contributed by atoms with E-state index in [9.17, 15) is 9.59 Å². The largest absolute Gasteiger partial charge is 0.447 e. The topological polar surface area (TPSA) is 131 Å². The SMILES string of the molecule is CN(SN(C)C(=O)O/N=C/C(C)(C)C#N)C(=O)O/N=C\C(C)(C)C#N. The van der Waals surface area contributed by atoms with Crippen LogP contribution in [0.4, 0.5) is 9.59 Å². The Bertz CT molecular complexity index is 578. The van der Waals surface area contributed by atoms with Crippen molar-refractivity contribution in [2.24, 2.45) is 21.1 Å². The van der Waals surface area contributed by atoms with E-state index in [1.165, 1.54) is 26.5 Å². The van der Waals surface area contributed by atoms with Gasteiger partial charge < -0.3 is 0 Å². The predicted molar refractivity (Wildman–Crippen MR) is 91.9 cm³/mol. The summed E-state index contributed by atoms with van der Waals surface area (Å²) in [6, 6.07) is 3.93. The Morgan fingerprint density at radius 3 is 1.52 bits per heavy atom. The molecule has 0 aromatic heterocycles. The Balaban J connectivity index is 4.48. The van der Waals surface area contributed by atoms with Crippen molar-refractivity contribution in [1.29, 1.82) is 10.5 Å². The Morgan fingerprint density at radius 1 is 0.920 bits per heavy atom. The number of nitrogens with zero attached hydrogens (tertiary/aromatic N) is 6. The average Bonchev–Trinajstić information content (AvgIpc) is 2.54. The highest BCUT2D eigenvalue weighted by molar-refractivity contribution is 7.95. The molecular weight excluding hydrogens is 348 g/mol. The predicted octanol–water partition coefficient (Wildman–Crippen LogP) is 2.76. The van der Waals surface area contributed by atoms with Crippen molar-refractivity contribution in [3.63, 3.8) is 0 Å². The molecule has 2 amide bonds. The van der Waals surface area contributed by atoms with Gasteiger partial charge in [0.15, 0.2) is 0 Å². The van der Waals surface area contributed by atoms with E-state index in [0.717, 1.165) is 8.61 Å². The van der Waals surface area contributed by atoms with E-state index < -0.39 is 23.0 Å². The van der Waals surface area contributed by atoms with E-state index >= 15 is 0 Å². The van der Waals surface area contributed by atoms with Crippen LogP contribution in [0.1, 0.15) is 27.7 Å². The number of amides is 2. The first-order valence-electron chi connectivity index (χ1n) is 6.93. The van der Waals surface area contributed by atoms with Gasteiger partial charge in [-0.15, -0.1) is 0 Å². The average molecular weight is 368 g/mol. The summed E-state index contributed by atoms with van der Waals surface area (Å²) in [5, 5.41) is 24.5. The monoisotopic (exact) mass is 368 g/mol. The second-order valence-corrected chi connectivity index (χ2v) is 7.19. The fourth-order valence-electron chi connectivity index (χ4n) is 0.829.